The minimum atomic E-state index is 0.599. The first kappa shape index (κ1) is 16.3. The van der Waals surface area contributed by atoms with Gasteiger partial charge in [-0.25, -0.2) is 0 Å². The zero-order valence-electron chi connectivity index (χ0n) is 13.1. The molecule has 5 heteroatoms. The Labute approximate surface area is 135 Å². The summed E-state index contributed by atoms with van der Waals surface area (Å²) < 4.78 is 0. The van der Waals surface area contributed by atoms with Crippen molar-refractivity contribution < 1.29 is 9.59 Å². The van der Waals surface area contributed by atoms with Crippen LogP contribution in [-0.2, 0) is 9.59 Å². The fourth-order valence-electron chi connectivity index (χ4n) is 2.12. The van der Waals surface area contributed by atoms with Crippen LogP contribution in [-0.4, -0.2) is 26.9 Å². The quantitative estimate of drug-likeness (QED) is 0.610. The van der Waals surface area contributed by atoms with Crippen molar-refractivity contribution in [1.29, 1.82) is 0 Å². The molecule has 0 spiro atoms. The van der Waals surface area contributed by atoms with E-state index in [1.165, 1.54) is 0 Å². The van der Waals surface area contributed by atoms with Crippen LogP contribution in [0.15, 0.2) is 42.5 Å². The average Bonchev–Trinajstić information content (AvgIpc) is 2.55. The van der Waals surface area contributed by atoms with Crippen molar-refractivity contribution in [3.05, 3.63) is 53.6 Å². The molecule has 0 aliphatic carbocycles. The van der Waals surface area contributed by atoms with E-state index in [2.05, 4.69) is 10.6 Å². The van der Waals surface area contributed by atoms with Gasteiger partial charge in [-0.3, -0.25) is 9.59 Å². The molecule has 118 valence electrons. The molecule has 2 aromatic carbocycles. The van der Waals surface area contributed by atoms with Crippen molar-refractivity contribution in [3.63, 3.8) is 0 Å². The number of benzene rings is 2. The maximum atomic E-state index is 10.7. The molecule has 2 amide bonds. The SMILES string of the molecule is CN(C)c1ccc(C=Cc2ccc(NC=O)cc2NC=O)cc1. The Hall–Kier alpha value is -3.08. The fraction of sp³-hybridized carbons (Fsp3) is 0.111. The number of hydrogen-bond donors (Lipinski definition) is 2. The molecular weight excluding hydrogens is 290 g/mol. The number of anilines is 3. The second kappa shape index (κ2) is 7.79. The average molecular weight is 309 g/mol. The summed E-state index contributed by atoms with van der Waals surface area (Å²) in [6.45, 7) is 0. The van der Waals surface area contributed by atoms with Crippen LogP contribution < -0.4 is 15.5 Å². The molecular formula is C18H19N3O2. The third kappa shape index (κ3) is 4.44. The maximum Gasteiger partial charge on any atom is 0.211 e. The van der Waals surface area contributed by atoms with Crippen LogP contribution in [0.5, 0.6) is 0 Å². The minimum absolute atomic E-state index is 0.599. The summed E-state index contributed by atoms with van der Waals surface area (Å²) in [6, 6.07) is 13.5. The van der Waals surface area contributed by atoms with Crippen LogP contribution in [0.25, 0.3) is 12.2 Å². The highest BCUT2D eigenvalue weighted by Crippen LogP contribution is 2.23. The van der Waals surface area contributed by atoms with Crippen molar-refractivity contribution in [1.82, 2.24) is 0 Å². The van der Waals surface area contributed by atoms with Crippen molar-refractivity contribution >= 4 is 42.0 Å². The summed E-state index contributed by atoms with van der Waals surface area (Å²) in [6.07, 6.45) is 5.10. The first-order valence-corrected chi connectivity index (χ1v) is 7.14. The van der Waals surface area contributed by atoms with E-state index in [9.17, 15) is 9.59 Å². The van der Waals surface area contributed by atoms with Crippen molar-refractivity contribution in [2.45, 2.75) is 0 Å². The number of amides is 2. The highest BCUT2D eigenvalue weighted by atomic mass is 16.1. The number of rotatable bonds is 7. The second-order valence-corrected chi connectivity index (χ2v) is 5.15. The molecule has 23 heavy (non-hydrogen) atoms. The van der Waals surface area contributed by atoms with Gasteiger partial charge in [-0.15, -0.1) is 0 Å². The summed E-state index contributed by atoms with van der Waals surface area (Å²) in [5.74, 6) is 0. The molecule has 0 aliphatic rings. The van der Waals surface area contributed by atoms with Gasteiger partial charge in [-0.1, -0.05) is 30.4 Å². The van der Waals surface area contributed by atoms with Crippen molar-refractivity contribution in [3.8, 4) is 0 Å². The van der Waals surface area contributed by atoms with Crippen LogP contribution in [0.3, 0.4) is 0 Å². The van der Waals surface area contributed by atoms with Gasteiger partial charge in [0.2, 0.25) is 12.8 Å². The number of nitrogens with zero attached hydrogens (tertiary/aromatic N) is 1. The van der Waals surface area contributed by atoms with E-state index in [4.69, 9.17) is 0 Å². The summed E-state index contributed by atoms with van der Waals surface area (Å²) in [7, 11) is 3.99. The zero-order chi connectivity index (χ0) is 16.7. The molecule has 5 nitrogen and oxygen atoms in total. The van der Waals surface area contributed by atoms with Gasteiger partial charge in [0.05, 0.1) is 0 Å². The molecule has 0 aliphatic heterocycles. The third-order valence-electron chi connectivity index (χ3n) is 3.36. The van der Waals surface area contributed by atoms with Gasteiger partial charge < -0.3 is 15.5 Å². The van der Waals surface area contributed by atoms with Crippen LogP contribution in [0.4, 0.5) is 17.1 Å². The van der Waals surface area contributed by atoms with E-state index in [-0.39, 0.29) is 0 Å². The number of carbonyl (C=O) groups excluding carboxylic acids is 2. The van der Waals surface area contributed by atoms with E-state index in [0.717, 1.165) is 16.8 Å². The maximum absolute atomic E-state index is 10.7. The van der Waals surface area contributed by atoms with Crippen LogP contribution in [0.2, 0.25) is 0 Å². The Morgan fingerprint density at radius 1 is 0.870 bits per heavy atom. The first-order chi connectivity index (χ1) is 11.1. The first-order valence-electron chi connectivity index (χ1n) is 7.14. The molecule has 0 saturated heterocycles. The predicted molar refractivity (Wildman–Crippen MR) is 95.5 cm³/mol. The largest absolute Gasteiger partial charge is 0.378 e. The van der Waals surface area contributed by atoms with Crippen molar-refractivity contribution in [2.75, 3.05) is 29.6 Å². The summed E-state index contributed by atoms with van der Waals surface area (Å²) in [4.78, 5) is 23.3. The van der Waals surface area contributed by atoms with E-state index >= 15 is 0 Å². The van der Waals surface area contributed by atoms with E-state index in [1.807, 2.05) is 61.5 Å². The molecule has 0 fully saturated rings. The molecule has 0 heterocycles. The van der Waals surface area contributed by atoms with Gasteiger partial charge in [0.25, 0.3) is 0 Å². The summed E-state index contributed by atoms with van der Waals surface area (Å²) in [5, 5.41) is 5.20. The molecule has 0 radical (unpaired) electrons. The summed E-state index contributed by atoms with van der Waals surface area (Å²) >= 11 is 0. The molecule has 2 rings (SSSR count). The molecule has 0 bridgehead atoms. The number of hydrogen-bond acceptors (Lipinski definition) is 3. The van der Waals surface area contributed by atoms with Crippen LogP contribution in [0, 0.1) is 0 Å². The van der Waals surface area contributed by atoms with Gasteiger partial charge in [-0.05, 0) is 35.4 Å². The molecule has 0 unspecified atom stereocenters. The summed E-state index contributed by atoms with van der Waals surface area (Å²) in [5.41, 5.74) is 4.30. The number of carbonyl (C=O) groups is 2. The lowest BCUT2D eigenvalue weighted by atomic mass is 10.1. The monoisotopic (exact) mass is 309 g/mol. The Bertz CT molecular complexity index is 707. The Morgan fingerprint density at radius 3 is 2.17 bits per heavy atom. The lowest BCUT2D eigenvalue weighted by Crippen LogP contribution is -2.07. The fourth-order valence-corrected chi connectivity index (χ4v) is 2.12. The lowest BCUT2D eigenvalue weighted by Gasteiger charge is -2.11. The molecule has 2 aromatic rings. The Balaban J connectivity index is 2.23. The molecule has 0 atom stereocenters. The van der Waals surface area contributed by atoms with Gasteiger partial charge in [0, 0.05) is 31.2 Å². The van der Waals surface area contributed by atoms with Crippen molar-refractivity contribution in [2.24, 2.45) is 0 Å². The lowest BCUT2D eigenvalue weighted by molar-refractivity contribution is -0.106. The molecule has 2 N–H and O–H groups in total. The van der Waals surface area contributed by atoms with Gasteiger partial charge in [0.1, 0.15) is 0 Å². The van der Waals surface area contributed by atoms with Gasteiger partial charge in [0.15, 0.2) is 0 Å². The Morgan fingerprint density at radius 2 is 1.57 bits per heavy atom. The van der Waals surface area contributed by atoms with E-state index in [0.29, 0.717) is 24.2 Å². The zero-order valence-corrected chi connectivity index (χ0v) is 13.1. The standard InChI is InChI=1S/C18H19N3O2/c1-21(2)17-9-4-14(5-10-17)3-6-15-7-8-16(19-12-22)11-18(15)20-13-23/h3-13H,1-2H3,(H,19,22)(H,20,23). The van der Waals surface area contributed by atoms with Crippen LogP contribution in [0.1, 0.15) is 11.1 Å². The smallest absolute Gasteiger partial charge is 0.211 e. The minimum Gasteiger partial charge on any atom is -0.378 e. The van der Waals surface area contributed by atoms with E-state index in [1.54, 1.807) is 12.1 Å². The predicted octanol–water partition coefficient (Wildman–Crippen LogP) is 3.06. The van der Waals surface area contributed by atoms with Gasteiger partial charge >= 0.3 is 0 Å². The molecule has 0 aromatic heterocycles. The van der Waals surface area contributed by atoms with E-state index < -0.39 is 0 Å². The highest BCUT2D eigenvalue weighted by molar-refractivity contribution is 5.86. The molecule has 0 saturated carbocycles. The number of nitrogens with one attached hydrogen (secondary N) is 2. The Kier molecular flexibility index (Phi) is 5.52. The second-order valence-electron chi connectivity index (χ2n) is 5.15. The normalized spacial score (nSPS) is 10.3. The van der Waals surface area contributed by atoms with Gasteiger partial charge in [-0.2, -0.15) is 0 Å². The topological polar surface area (TPSA) is 61.4 Å². The highest BCUT2D eigenvalue weighted by Gasteiger charge is 2.01. The van der Waals surface area contributed by atoms with Crippen LogP contribution >= 0.6 is 0 Å². The third-order valence-corrected chi connectivity index (χ3v) is 3.36.